The highest BCUT2D eigenvalue weighted by atomic mass is 16.5. The maximum atomic E-state index is 12.8. The second-order valence-corrected chi connectivity index (χ2v) is 8.34. The standard InChI is InChI=1S/C25H32N4O4/c1-18(2)29(19(3)30)17-24(31)26-21-7-9-22(10-8-21)27-13-15-28(16-14-27)25(32)20-5-11-23(33-4)12-6-20/h5-12,18H,13-17H2,1-4H3,(H,26,31). The number of benzene rings is 2. The number of ether oxygens (including phenoxy) is 1. The SMILES string of the molecule is COc1ccc(C(=O)N2CCN(c3ccc(NC(=O)CN(C(C)=O)C(C)C)cc3)CC2)cc1. The van der Waals surface area contributed by atoms with E-state index in [2.05, 4.69) is 10.2 Å². The van der Waals surface area contributed by atoms with E-state index < -0.39 is 0 Å². The summed E-state index contributed by atoms with van der Waals surface area (Å²) in [7, 11) is 1.60. The molecule has 1 heterocycles. The third kappa shape index (κ3) is 6.25. The van der Waals surface area contributed by atoms with E-state index in [0.717, 1.165) is 24.5 Å². The molecule has 2 aromatic rings. The Morgan fingerprint density at radius 1 is 0.970 bits per heavy atom. The third-order valence-electron chi connectivity index (χ3n) is 5.76. The number of nitrogens with one attached hydrogen (secondary N) is 1. The van der Waals surface area contributed by atoms with Crippen LogP contribution in [0.1, 0.15) is 31.1 Å². The Balaban J connectivity index is 1.52. The zero-order valence-corrected chi connectivity index (χ0v) is 19.7. The van der Waals surface area contributed by atoms with Gasteiger partial charge >= 0.3 is 0 Å². The lowest BCUT2D eigenvalue weighted by atomic mass is 10.1. The van der Waals surface area contributed by atoms with Gasteiger partial charge in [0, 0.05) is 56.1 Å². The van der Waals surface area contributed by atoms with E-state index in [9.17, 15) is 14.4 Å². The molecule has 1 fully saturated rings. The van der Waals surface area contributed by atoms with Gasteiger partial charge in [0.25, 0.3) is 5.91 Å². The number of anilines is 2. The number of hydrogen-bond acceptors (Lipinski definition) is 5. The van der Waals surface area contributed by atoms with Crippen LogP contribution in [-0.4, -0.2) is 73.4 Å². The zero-order valence-electron chi connectivity index (χ0n) is 19.7. The van der Waals surface area contributed by atoms with Crippen LogP contribution in [0.15, 0.2) is 48.5 Å². The number of amides is 3. The summed E-state index contributed by atoms with van der Waals surface area (Å²) in [6.45, 7) is 8.00. The molecule has 0 unspecified atom stereocenters. The maximum absolute atomic E-state index is 12.8. The maximum Gasteiger partial charge on any atom is 0.253 e. The number of nitrogens with zero attached hydrogens (tertiary/aromatic N) is 3. The van der Waals surface area contributed by atoms with Gasteiger partial charge in [-0.3, -0.25) is 14.4 Å². The lowest BCUT2D eigenvalue weighted by molar-refractivity contribution is -0.134. The van der Waals surface area contributed by atoms with Gasteiger partial charge < -0.3 is 24.8 Å². The Kier molecular flexibility index (Phi) is 7.92. The second-order valence-electron chi connectivity index (χ2n) is 8.34. The Morgan fingerprint density at radius 2 is 1.58 bits per heavy atom. The summed E-state index contributed by atoms with van der Waals surface area (Å²) < 4.78 is 5.15. The molecule has 3 rings (SSSR count). The Morgan fingerprint density at radius 3 is 2.09 bits per heavy atom. The molecular formula is C25H32N4O4. The van der Waals surface area contributed by atoms with Gasteiger partial charge in [-0.25, -0.2) is 0 Å². The molecule has 0 saturated carbocycles. The van der Waals surface area contributed by atoms with Crippen molar-refractivity contribution in [3.8, 4) is 5.75 Å². The van der Waals surface area contributed by atoms with Crippen molar-refractivity contribution in [3.63, 3.8) is 0 Å². The number of carbonyl (C=O) groups excluding carboxylic acids is 3. The van der Waals surface area contributed by atoms with Gasteiger partial charge in [-0.1, -0.05) is 0 Å². The molecule has 8 heteroatoms. The first-order chi connectivity index (χ1) is 15.8. The van der Waals surface area contributed by atoms with Crippen LogP contribution in [-0.2, 0) is 9.59 Å². The van der Waals surface area contributed by atoms with Gasteiger partial charge in [0.15, 0.2) is 0 Å². The molecule has 1 aliphatic heterocycles. The molecule has 0 spiro atoms. The minimum Gasteiger partial charge on any atom is -0.497 e. The van der Waals surface area contributed by atoms with Crippen molar-refractivity contribution in [2.75, 3.05) is 50.1 Å². The summed E-state index contributed by atoms with van der Waals surface area (Å²) in [5.41, 5.74) is 2.38. The van der Waals surface area contributed by atoms with Crippen LogP contribution in [0.25, 0.3) is 0 Å². The van der Waals surface area contributed by atoms with Crippen LogP contribution in [0.4, 0.5) is 11.4 Å². The normalized spacial score (nSPS) is 13.6. The summed E-state index contributed by atoms with van der Waals surface area (Å²) in [6.07, 6.45) is 0. The molecule has 176 valence electrons. The van der Waals surface area contributed by atoms with Crippen molar-refractivity contribution < 1.29 is 19.1 Å². The molecule has 0 aromatic heterocycles. The molecule has 8 nitrogen and oxygen atoms in total. The quantitative estimate of drug-likeness (QED) is 0.699. The van der Waals surface area contributed by atoms with Crippen molar-refractivity contribution in [1.82, 2.24) is 9.80 Å². The van der Waals surface area contributed by atoms with Crippen LogP contribution >= 0.6 is 0 Å². The third-order valence-corrected chi connectivity index (χ3v) is 5.76. The number of rotatable bonds is 7. The largest absolute Gasteiger partial charge is 0.497 e. The molecule has 3 amide bonds. The van der Waals surface area contributed by atoms with Gasteiger partial charge in [-0.15, -0.1) is 0 Å². The molecule has 0 radical (unpaired) electrons. The van der Waals surface area contributed by atoms with Crippen molar-refractivity contribution in [1.29, 1.82) is 0 Å². The highest BCUT2D eigenvalue weighted by molar-refractivity contribution is 5.95. The highest BCUT2D eigenvalue weighted by Crippen LogP contribution is 2.21. The molecule has 0 aliphatic carbocycles. The summed E-state index contributed by atoms with van der Waals surface area (Å²) in [5, 5.41) is 2.85. The van der Waals surface area contributed by atoms with Crippen LogP contribution in [0.2, 0.25) is 0 Å². The number of piperazine rings is 1. The summed E-state index contributed by atoms with van der Waals surface area (Å²) in [4.78, 5) is 42.3. The van der Waals surface area contributed by atoms with E-state index in [1.54, 1.807) is 31.4 Å². The van der Waals surface area contributed by atoms with E-state index in [4.69, 9.17) is 4.74 Å². The van der Waals surface area contributed by atoms with Crippen molar-refractivity contribution >= 4 is 29.1 Å². The molecule has 1 N–H and O–H groups in total. The van der Waals surface area contributed by atoms with Crippen molar-refractivity contribution in [2.24, 2.45) is 0 Å². The average molecular weight is 453 g/mol. The van der Waals surface area contributed by atoms with E-state index in [-0.39, 0.29) is 30.3 Å². The average Bonchev–Trinajstić information content (AvgIpc) is 2.82. The smallest absolute Gasteiger partial charge is 0.253 e. The van der Waals surface area contributed by atoms with Crippen LogP contribution in [0, 0.1) is 0 Å². The summed E-state index contributed by atoms with van der Waals surface area (Å²) >= 11 is 0. The van der Waals surface area contributed by atoms with Crippen molar-refractivity contribution in [2.45, 2.75) is 26.8 Å². The molecule has 2 aromatic carbocycles. The predicted octanol–water partition coefficient (Wildman–Crippen LogP) is 2.85. The Bertz CT molecular complexity index is 965. The Labute approximate surface area is 195 Å². The topological polar surface area (TPSA) is 82.2 Å². The summed E-state index contributed by atoms with van der Waals surface area (Å²) in [5.74, 6) is 0.404. The van der Waals surface area contributed by atoms with E-state index in [1.807, 2.05) is 43.0 Å². The number of hydrogen-bond donors (Lipinski definition) is 1. The van der Waals surface area contributed by atoms with Crippen LogP contribution in [0.3, 0.4) is 0 Å². The van der Waals surface area contributed by atoms with Crippen LogP contribution < -0.4 is 15.0 Å². The Hall–Kier alpha value is -3.55. The minimum atomic E-state index is -0.225. The molecule has 33 heavy (non-hydrogen) atoms. The minimum absolute atomic E-state index is 0.0244. The van der Waals surface area contributed by atoms with Gasteiger partial charge in [0.2, 0.25) is 11.8 Å². The van der Waals surface area contributed by atoms with Gasteiger partial charge in [-0.2, -0.15) is 0 Å². The molecule has 0 atom stereocenters. The second kappa shape index (κ2) is 10.8. The van der Waals surface area contributed by atoms with Gasteiger partial charge in [0.05, 0.1) is 7.11 Å². The molecule has 1 saturated heterocycles. The van der Waals surface area contributed by atoms with E-state index in [1.165, 1.54) is 11.8 Å². The first kappa shape index (κ1) is 24.1. The predicted molar refractivity (Wildman–Crippen MR) is 129 cm³/mol. The summed E-state index contributed by atoms with van der Waals surface area (Å²) in [6, 6.07) is 14.8. The van der Waals surface area contributed by atoms with E-state index in [0.29, 0.717) is 24.3 Å². The number of methoxy groups -OCH3 is 1. The first-order valence-electron chi connectivity index (χ1n) is 11.1. The molecule has 1 aliphatic rings. The fraction of sp³-hybridized carbons (Fsp3) is 0.400. The molecular weight excluding hydrogens is 420 g/mol. The van der Waals surface area contributed by atoms with E-state index >= 15 is 0 Å². The van der Waals surface area contributed by atoms with Gasteiger partial charge in [-0.05, 0) is 62.4 Å². The lowest BCUT2D eigenvalue weighted by Gasteiger charge is -2.36. The number of carbonyl (C=O) groups is 3. The van der Waals surface area contributed by atoms with Crippen molar-refractivity contribution in [3.05, 3.63) is 54.1 Å². The first-order valence-corrected chi connectivity index (χ1v) is 11.1. The van der Waals surface area contributed by atoms with Crippen LogP contribution in [0.5, 0.6) is 5.75 Å². The zero-order chi connectivity index (χ0) is 24.0. The lowest BCUT2D eigenvalue weighted by Crippen LogP contribution is -2.48. The van der Waals surface area contributed by atoms with Gasteiger partial charge in [0.1, 0.15) is 12.3 Å². The fourth-order valence-electron chi connectivity index (χ4n) is 3.85. The monoisotopic (exact) mass is 452 g/mol. The fourth-order valence-corrected chi connectivity index (χ4v) is 3.85. The highest BCUT2D eigenvalue weighted by Gasteiger charge is 2.22. The molecule has 0 bridgehead atoms.